The Bertz CT molecular complexity index is 638. The van der Waals surface area contributed by atoms with E-state index in [0.717, 1.165) is 57.2 Å². The summed E-state index contributed by atoms with van der Waals surface area (Å²) in [6.45, 7) is 13.6. The molecular formula is C22H38FIN4O2. The van der Waals surface area contributed by atoms with Crippen LogP contribution >= 0.6 is 24.0 Å². The van der Waals surface area contributed by atoms with Crippen LogP contribution in [0.5, 0.6) is 5.75 Å². The van der Waals surface area contributed by atoms with Crippen molar-refractivity contribution in [2.75, 3.05) is 39.4 Å². The Kier molecular flexibility index (Phi) is 13.3. The van der Waals surface area contributed by atoms with Crippen molar-refractivity contribution in [3.63, 3.8) is 0 Å². The first-order chi connectivity index (χ1) is 14.0. The second-order valence-electron chi connectivity index (χ2n) is 7.57. The van der Waals surface area contributed by atoms with Gasteiger partial charge in [0.25, 0.3) is 0 Å². The number of benzene rings is 1. The average molecular weight is 536 g/mol. The Hall–Kier alpha value is -1.13. The van der Waals surface area contributed by atoms with Gasteiger partial charge < -0.3 is 25.0 Å². The van der Waals surface area contributed by atoms with Gasteiger partial charge in [0.15, 0.2) is 17.5 Å². The lowest BCUT2D eigenvalue weighted by atomic mass is 10.1. The van der Waals surface area contributed by atoms with Crippen molar-refractivity contribution in [3.05, 3.63) is 29.6 Å². The molecule has 1 aromatic rings. The zero-order chi connectivity index (χ0) is 21.1. The number of piperidine rings is 1. The van der Waals surface area contributed by atoms with E-state index in [0.29, 0.717) is 19.2 Å². The van der Waals surface area contributed by atoms with E-state index in [9.17, 15) is 4.39 Å². The summed E-state index contributed by atoms with van der Waals surface area (Å²) in [6.07, 6.45) is 2.44. The lowest BCUT2D eigenvalue weighted by Gasteiger charge is -2.33. The molecule has 0 unspecified atom stereocenters. The minimum Gasteiger partial charge on any atom is -0.491 e. The number of likely N-dealkylation sites (tertiary alicyclic amines) is 1. The van der Waals surface area contributed by atoms with Crippen LogP contribution < -0.4 is 15.4 Å². The molecule has 1 aliphatic heterocycles. The summed E-state index contributed by atoms with van der Waals surface area (Å²) in [7, 11) is 0. The molecule has 0 radical (unpaired) electrons. The first-order valence-electron chi connectivity index (χ1n) is 10.8. The van der Waals surface area contributed by atoms with E-state index in [-0.39, 0.29) is 41.6 Å². The van der Waals surface area contributed by atoms with Gasteiger partial charge in [-0.1, -0.05) is 6.07 Å². The van der Waals surface area contributed by atoms with Gasteiger partial charge in [-0.15, -0.1) is 24.0 Å². The van der Waals surface area contributed by atoms with Gasteiger partial charge in [0.1, 0.15) is 0 Å². The minimum atomic E-state index is -0.341. The van der Waals surface area contributed by atoms with Crippen LogP contribution in [0, 0.1) is 5.82 Å². The van der Waals surface area contributed by atoms with Gasteiger partial charge in [0.2, 0.25) is 0 Å². The number of aliphatic imine (C=N–C) groups is 1. The molecule has 1 saturated heterocycles. The molecule has 0 atom stereocenters. The van der Waals surface area contributed by atoms with Crippen molar-refractivity contribution in [1.82, 2.24) is 15.5 Å². The maximum atomic E-state index is 14.0. The molecule has 30 heavy (non-hydrogen) atoms. The lowest BCUT2D eigenvalue weighted by molar-refractivity contribution is 0.0532. The number of nitrogens with one attached hydrogen (secondary N) is 2. The quantitative estimate of drug-likeness (QED) is 0.271. The Morgan fingerprint density at radius 1 is 1.27 bits per heavy atom. The fourth-order valence-corrected chi connectivity index (χ4v) is 3.32. The molecule has 0 spiro atoms. The maximum Gasteiger partial charge on any atom is 0.191 e. The second-order valence-corrected chi connectivity index (χ2v) is 7.57. The van der Waals surface area contributed by atoms with E-state index in [2.05, 4.69) is 34.4 Å². The van der Waals surface area contributed by atoms with E-state index >= 15 is 0 Å². The molecule has 1 heterocycles. The van der Waals surface area contributed by atoms with Crippen molar-refractivity contribution in [2.45, 2.75) is 59.2 Å². The summed E-state index contributed by atoms with van der Waals surface area (Å²) >= 11 is 0. The van der Waals surface area contributed by atoms with Gasteiger partial charge in [0.05, 0.1) is 25.9 Å². The van der Waals surface area contributed by atoms with Crippen molar-refractivity contribution in [3.8, 4) is 5.75 Å². The number of nitrogens with zero attached hydrogens (tertiary/aromatic N) is 2. The van der Waals surface area contributed by atoms with E-state index in [1.54, 1.807) is 6.07 Å². The Balaban J connectivity index is 0.00000450. The van der Waals surface area contributed by atoms with Crippen molar-refractivity contribution >= 4 is 29.9 Å². The van der Waals surface area contributed by atoms with Crippen molar-refractivity contribution in [2.24, 2.45) is 4.99 Å². The monoisotopic (exact) mass is 536 g/mol. The van der Waals surface area contributed by atoms with Gasteiger partial charge in [0, 0.05) is 32.2 Å². The molecule has 0 saturated carbocycles. The third-order valence-corrected chi connectivity index (χ3v) is 4.85. The molecule has 1 aromatic carbocycles. The van der Waals surface area contributed by atoms with E-state index in [1.165, 1.54) is 6.07 Å². The SMILES string of the molecule is CCNC(=NCc1ccc(OCC)c(F)c1)NC1CCN(CCOC(C)C)CC1.I. The van der Waals surface area contributed by atoms with E-state index in [1.807, 2.05) is 19.9 Å². The number of hydrogen-bond acceptors (Lipinski definition) is 4. The van der Waals surface area contributed by atoms with Gasteiger partial charge in [-0.2, -0.15) is 0 Å². The first kappa shape index (κ1) is 26.9. The summed E-state index contributed by atoms with van der Waals surface area (Å²) in [6, 6.07) is 5.42. The molecule has 172 valence electrons. The van der Waals surface area contributed by atoms with Crippen LogP contribution in [0.1, 0.15) is 46.1 Å². The molecule has 1 aliphatic rings. The smallest absolute Gasteiger partial charge is 0.191 e. The fraction of sp³-hybridized carbons (Fsp3) is 0.682. The first-order valence-corrected chi connectivity index (χ1v) is 10.8. The van der Waals surface area contributed by atoms with Crippen LogP contribution in [0.4, 0.5) is 4.39 Å². The van der Waals surface area contributed by atoms with Crippen LogP contribution in [0.25, 0.3) is 0 Å². The number of hydrogen-bond donors (Lipinski definition) is 2. The standard InChI is InChI=1S/C22H37FN4O2.HI/c1-5-24-22(25-16-18-7-8-21(28-6-2)20(23)15-18)26-19-9-11-27(12-10-19)13-14-29-17(3)4;/h7-8,15,17,19H,5-6,9-14,16H2,1-4H3,(H2,24,25,26);1H. The topological polar surface area (TPSA) is 58.1 Å². The molecule has 0 aliphatic carbocycles. The molecular weight excluding hydrogens is 498 g/mol. The van der Waals surface area contributed by atoms with Crippen LogP contribution in [-0.4, -0.2) is 62.4 Å². The highest BCUT2D eigenvalue weighted by atomic mass is 127. The summed E-state index contributed by atoms with van der Waals surface area (Å²) in [5.74, 6) is 0.727. The zero-order valence-electron chi connectivity index (χ0n) is 18.7. The highest BCUT2D eigenvalue weighted by Crippen LogP contribution is 2.18. The number of halogens is 2. The summed E-state index contributed by atoms with van der Waals surface area (Å²) in [4.78, 5) is 7.09. The molecule has 2 N–H and O–H groups in total. The van der Waals surface area contributed by atoms with Crippen LogP contribution in [0.3, 0.4) is 0 Å². The van der Waals surface area contributed by atoms with Gasteiger partial charge in [-0.05, 0) is 58.2 Å². The van der Waals surface area contributed by atoms with Gasteiger partial charge >= 0.3 is 0 Å². The lowest BCUT2D eigenvalue weighted by Crippen LogP contribution is -2.49. The highest BCUT2D eigenvalue weighted by molar-refractivity contribution is 14.0. The van der Waals surface area contributed by atoms with E-state index < -0.39 is 0 Å². The molecule has 0 amide bonds. The Morgan fingerprint density at radius 2 is 2.00 bits per heavy atom. The van der Waals surface area contributed by atoms with Crippen LogP contribution in [-0.2, 0) is 11.3 Å². The minimum absolute atomic E-state index is 0. The third-order valence-electron chi connectivity index (χ3n) is 4.85. The van der Waals surface area contributed by atoms with Crippen molar-refractivity contribution < 1.29 is 13.9 Å². The predicted octanol–water partition coefficient (Wildman–Crippen LogP) is 3.79. The average Bonchev–Trinajstić information content (AvgIpc) is 2.69. The molecule has 1 fully saturated rings. The maximum absolute atomic E-state index is 14.0. The Labute approximate surface area is 198 Å². The number of rotatable bonds is 10. The van der Waals surface area contributed by atoms with Crippen LogP contribution in [0.2, 0.25) is 0 Å². The summed E-state index contributed by atoms with van der Waals surface area (Å²) < 4.78 is 24.9. The summed E-state index contributed by atoms with van der Waals surface area (Å²) in [5.41, 5.74) is 0.822. The Morgan fingerprint density at radius 3 is 2.60 bits per heavy atom. The summed E-state index contributed by atoms with van der Waals surface area (Å²) in [5, 5.41) is 6.82. The second kappa shape index (κ2) is 14.8. The molecule has 0 bridgehead atoms. The number of guanidine groups is 1. The van der Waals surface area contributed by atoms with Crippen molar-refractivity contribution in [1.29, 1.82) is 0 Å². The molecule has 2 rings (SSSR count). The molecule has 6 nitrogen and oxygen atoms in total. The number of ether oxygens (including phenoxy) is 2. The highest BCUT2D eigenvalue weighted by Gasteiger charge is 2.19. The predicted molar refractivity (Wildman–Crippen MR) is 131 cm³/mol. The molecule has 0 aromatic heterocycles. The van der Waals surface area contributed by atoms with Gasteiger partial charge in [-0.25, -0.2) is 9.38 Å². The molecule has 8 heteroatoms. The third kappa shape index (κ3) is 9.78. The zero-order valence-corrected chi connectivity index (χ0v) is 21.1. The van der Waals surface area contributed by atoms with E-state index in [4.69, 9.17) is 9.47 Å². The van der Waals surface area contributed by atoms with Gasteiger partial charge in [-0.3, -0.25) is 0 Å². The van der Waals surface area contributed by atoms with Crippen LogP contribution in [0.15, 0.2) is 23.2 Å². The largest absolute Gasteiger partial charge is 0.491 e. The fourth-order valence-electron chi connectivity index (χ4n) is 3.32. The normalized spacial score (nSPS) is 15.7.